The van der Waals surface area contributed by atoms with Crippen LogP contribution in [0.1, 0.15) is 17.9 Å². The van der Waals surface area contributed by atoms with E-state index in [0.717, 1.165) is 5.56 Å². The first kappa shape index (κ1) is 12.9. The highest BCUT2D eigenvalue weighted by Crippen LogP contribution is 2.29. The molecule has 17 heavy (non-hydrogen) atoms. The minimum Gasteiger partial charge on any atom is -0.229 e. The van der Waals surface area contributed by atoms with Crippen molar-refractivity contribution in [2.75, 3.05) is 11.5 Å². The van der Waals surface area contributed by atoms with Crippen molar-refractivity contribution in [2.45, 2.75) is 17.2 Å². The quantitative estimate of drug-likeness (QED) is 0.776. The highest BCUT2D eigenvalue weighted by atomic mass is 35.7. The Hall–Kier alpha value is -0.590. The Balaban J connectivity index is 2.26. The molecule has 1 unspecified atom stereocenters. The third-order valence-electron chi connectivity index (χ3n) is 2.87. The largest absolute Gasteiger partial charge is 0.261 e. The molecule has 94 valence electrons. The summed E-state index contributed by atoms with van der Waals surface area (Å²) in [6.07, 6.45) is 0.593. The molecule has 1 atom stereocenters. The number of halogens is 1. The molecule has 1 aromatic carbocycles. The smallest absolute Gasteiger partial charge is 0.229 e. The molecule has 0 bridgehead atoms. The monoisotopic (exact) mass is 294 g/mol. The molecule has 7 heteroatoms. The van der Waals surface area contributed by atoms with E-state index in [1.807, 2.05) is 0 Å². The van der Waals surface area contributed by atoms with Crippen LogP contribution >= 0.6 is 10.7 Å². The van der Waals surface area contributed by atoms with Crippen molar-refractivity contribution in [1.82, 2.24) is 0 Å². The second-order valence-corrected chi connectivity index (χ2v) is 8.90. The van der Waals surface area contributed by atoms with E-state index in [9.17, 15) is 16.8 Å². The van der Waals surface area contributed by atoms with Crippen LogP contribution in [0, 0.1) is 0 Å². The lowest BCUT2D eigenvalue weighted by Crippen LogP contribution is -2.04. The molecule has 1 saturated heterocycles. The summed E-state index contributed by atoms with van der Waals surface area (Å²) in [5, 5.41) is 0. The number of hydrogen-bond donors (Lipinski definition) is 0. The Morgan fingerprint density at radius 1 is 1.18 bits per heavy atom. The molecule has 1 heterocycles. The summed E-state index contributed by atoms with van der Waals surface area (Å²) in [7, 11) is -1.45. The summed E-state index contributed by atoms with van der Waals surface area (Å²) in [6.45, 7) is 0. The average Bonchev–Trinajstić information content (AvgIpc) is 2.58. The highest BCUT2D eigenvalue weighted by molar-refractivity contribution is 8.13. The zero-order chi connectivity index (χ0) is 12.7. The van der Waals surface area contributed by atoms with E-state index in [2.05, 4.69) is 0 Å². The van der Waals surface area contributed by atoms with Crippen LogP contribution in [0.5, 0.6) is 0 Å². The van der Waals surface area contributed by atoms with Gasteiger partial charge < -0.3 is 0 Å². The maximum Gasteiger partial charge on any atom is 0.261 e. The fraction of sp³-hybridized carbons (Fsp3) is 0.400. The predicted molar refractivity (Wildman–Crippen MR) is 65.5 cm³/mol. The van der Waals surface area contributed by atoms with Crippen LogP contribution in [0.3, 0.4) is 0 Å². The SMILES string of the molecule is O=S1(=O)CCC(c2ccc(S(=O)(=O)Cl)cc2)C1. The van der Waals surface area contributed by atoms with Crippen molar-refractivity contribution in [3.8, 4) is 0 Å². The summed E-state index contributed by atoms with van der Waals surface area (Å²) in [4.78, 5) is 0.0313. The molecule has 0 aliphatic carbocycles. The number of hydrogen-bond acceptors (Lipinski definition) is 4. The van der Waals surface area contributed by atoms with E-state index in [0.29, 0.717) is 6.42 Å². The summed E-state index contributed by atoms with van der Waals surface area (Å²) >= 11 is 0. The van der Waals surface area contributed by atoms with E-state index in [1.165, 1.54) is 12.1 Å². The van der Waals surface area contributed by atoms with E-state index in [1.54, 1.807) is 12.1 Å². The van der Waals surface area contributed by atoms with Crippen molar-refractivity contribution < 1.29 is 16.8 Å². The summed E-state index contributed by atoms with van der Waals surface area (Å²) in [5.41, 5.74) is 0.843. The maximum atomic E-state index is 11.3. The average molecular weight is 295 g/mol. The second-order valence-electron chi connectivity index (χ2n) is 4.11. The molecule has 0 spiro atoms. The number of sulfone groups is 1. The van der Waals surface area contributed by atoms with Crippen LogP contribution in [0.25, 0.3) is 0 Å². The molecule has 1 aromatic rings. The summed E-state index contributed by atoms with van der Waals surface area (Å²) in [5.74, 6) is 0.305. The Kier molecular flexibility index (Phi) is 3.22. The normalized spacial score (nSPS) is 23.7. The van der Waals surface area contributed by atoms with Gasteiger partial charge in [-0.1, -0.05) is 12.1 Å². The molecular formula is C10H11ClO4S2. The standard InChI is InChI=1S/C10H11ClO4S2/c11-17(14,15)10-3-1-8(2-4-10)9-5-6-16(12,13)7-9/h1-4,9H,5-7H2. The van der Waals surface area contributed by atoms with Crippen molar-refractivity contribution in [3.63, 3.8) is 0 Å². The molecule has 0 aromatic heterocycles. The molecule has 0 amide bonds. The van der Waals surface area contributed by atoms with Crippen LogP contribution in [0.15, 0.2) is 29.2 Å². The van der Waals surface area contributed by atoms with Crippen LogP contribution < -0.4 is 0 Å². The molecule has 1 aliphatic rings. The first-order valence-electron chi connectivity index (χ1n) is 5.03. The molecular weight excluding hydrogens is 284 g/mol. The Morgan fingerprint density at radius 2 is 1.76 bits per heavy atom. The van der Waals surface area contributed by atoms with Gasteiger partial charge in [0, 0.05) is 10.7 Å². The van der Waals surface area contributed by atoms with Gasteiger partial charge in [-0.2, -0.15) is 0 Å². The third-order valence-corrected chi connectivity index (χ3v) is 6.00. The lowest BCUT2D eigenvalue weighted by atomic mass is 9.99. The van der Waals surface area contributed by atoms with E-state index in [-0.39, 0.29) is 22.3 Å². The lowest BCUT2D eigenvalue weighted by Gasteiger charge is -2.07. The van der Waals surface area contributed by atoms with Gasteiger partial charge in [0.25, 0.3) is 9.05 Å². The molecule has 0 saturated carbocycles. The molecule has 0 radical (unpaired) electrons. The minimum absolute atomic E-state index is 0.0313. The lowest BCUT2D eigenvalue weighted by molar-refractivity contribution is 0.601. The molecule has 1 fully saturated rings. The van der Waals surface area contributed by atoms with Crippen LogP contribution in [0.2, 0.25) is 0 Å². The molecule has 4 nitrogen and oxygen atoms in total. The van der Waals surface area contributed by atoms with Gasteiger partial charge in [-0.05, 0) is 30.0 Å². The predicted octanol–water partition coefficient (Wildman–Crippen LogP) is 1.52. The van der Waals surface area contributed by atoms with Crippen molar-refractivity contribution in [3.05, 3.63) is 29.8 Å². The second kappa shape index (κ2) is 4.26. The molecule has 0 N–H and O–H groups in total. The first-order valence-corrected chi connectivity index (χ1v) is 9.16. The minimum atomic E-state index is -3.71. The zero-order valence-electron chi connectivity index (χ0n) is 8.84. The first-order chi connectivity index (χ1) is 7.78. The van der Waals surface area contributed by atoms with Gasteiger partial charge in [-0.25, -0.2) is 16.8 Å². The molecule has 2 rings (SSSR count). The number of benzene rings is 1. The summed E-state index contributed by atoms with van der Waals surface area (Å²) in [6, 6.07) is 6.06. The summed E-state index contributed by atoms with van der Waals surface area (Å²) < 4.78 is 44.7. The van der Waals surface area contributed by atoms with Crippen LogP contribution in [0.4, 0.5) is 0 Å². The molecule has 1 aliphatic heterocycles. The van der Waals surface area contributed by atoms with E-state index < -0.39 is 18.9 Å². The maximum absolute atomic E-state index is 11.3. The van der Waals surface area contributed by atoms with E-state index in [4.69, 9.17) is 10.7 Å². The van der Waals surface area contributed by atoms with Gasteiger partial charge in [0.05, 0.1) is 16.4 Å². The van der Waals surface area contributed by atoms with Crippen LogP contribution in [-0.4, -0.2) is 28.3 Å². The third kappa shape index (κ3) is 3.00. The van der Waals surface area contributed by atoms with Crippen molar-refractivity contribution >= 4 is 29.6 Å². The Bertz CT molecular complexity index is 617. The van der Waals surface area contributed by atoms with Crippen molar-refractivity contribution in [2.24, 2.45) is 0 Å². The van der Waals surface area contributed by atoms with Gasteiger partial charge in [-0.3, -0.25) is 0 Å². The van der Waals surface area contributed by atoms with Gasteiger partial charge in [-0.15, -0.1) is 0 Å². The Labute approximate surface area is 105 Å². The van der Waals surface area contributed by atoms with Gasteiger partial charge >= 0.3 is 0 Å². The van der Waals surface area contributed by atoms with E-state index >= 15 is 0 Å². The fourth-order valence-corrected chi connectivity index (χ4v) is 4.51. The number of rotatable bonds is 2. The topological polar surface area (TPSA) is 68.3 Å². The van der Waals surface area contributed by atoms with Gasteiger partial charge in [0.15, 0.2) is 9.84 Å². The van der Waals surface area contributed by atoms with Gasteiger partial charge in [0.1, 0.15) is 0 Å². The zero-order valence-corrected chi connectivity index (χ0v) is 11.2. The van der Waals surface area contributed by atoms with Crippen molar-refractivity contribution in [1.29, 1.82) is 0 Å². The van der Waals surface area contributed by atoms with Crippen LogP contribution in [-0.2, 0) is 18.9 Å². The Morgan fingerprint density at radius 3 is 2.18 bits per heavy atom. The highest BCUT2D eigenvalue weighted by Gasteiger charge is 2.29. The van der Waals surface area contributed by atoms with Gasteiger partial charge in [0.2, 0.25) is 0 Å². The fourth-order valence-electron chi connectivity index (χ4n) is 1.96.